The van der Waals surface area contributed by atoms with Crippen molar-refractivity contribution >= 4 is 28.6 Å². The molecule has 3 nitrogen and oxygen atoms in total. The minimum Gasteiger partial charge on any atom is -0.469 e. The summed E-state index contributed by atoms with van der Waals surface area (Å²) in [6, 6.07) is 8.05. The Morgan fingerprint density at radius 1 is 1.44 bits per heavy atom. The number of rotatable bonds is 4. The zero-order valence-electron chi connectivity index (χ0n) is 9.50. The van der Waals surface area contributed by atoms with Crippen molar-refractivity contribution in [1.29, 1.82) is 0 Å². The molecule has 1 atom stereocenters. The second kappa shape index (κ2) is 5.63. The Morgan fingerprint density at radius 2 is 2.00 bits per heavy atom. The minimum absolute atomic E-state index is 0.230. The van der Waals surface area contributed by atoms with E-state index in [1.54, 1.807) is 0 Å². The van der Waals surface area contributed by atoms with Gasteiger partial charge in [-0.1, -0.05) is 19.1 Å². The van der Waals surface area contributed by atoms with E-state index in [1.807, 2.05) is 31.2 Å². The maximum Gasteiger partial charge on any atom is 0.306 e. The van der Waals surface area contributed by atoms with Gasteiger partial charge in [-0.25, -0.2) is 0 Å². The second-order valence-corrected chi connectivity index (χ2v) is 5.27. The lowest BCUT2D eigenvalue weighted by atomic mass is 9.79. The van der Waals surface area contributed by atoms with Crippen LogP contribution >= 0.6 is 22.6 Å². The van der Waals surface area contributed by atoms with Crippen molar-refractivity contribution in [3.63, 3.8) is 0 Å². The first kappa shape index (κ1) is 13.4. The molecular weight excluding hydrogens is 317 g/mol. The Kier molecular flexibility index (Phi) is 4.73. The van der Waals surface area contributed by atoms with E-state index in [-0.39, 0.29) is 11.4 Å². The topological polar surface area (TPSA) is 52.3 Å². The van der Waals surface area contributed by atoms with E-state index in [9.17, 15) is 4.79 Å². The van der Waals surface area contributed by atoms with Gasteiger partial charge in [-0.05, 0) is 40.3 Å². The van der Waals surface area contributed by atoms with Crippen molar-refractivity contribution in [3.05, 3.63) is 33.4 Å². The molecule has 0 radical (unpaired) electrons. The van der Waals surface area contributed by atoms with Gasteiger partial charge in [0.2, 0.25) is 0 Å². The summed E-state index contributed by atoms with van der Waals surface area (Å²) in [6.45, 7) is 2.40. The smallest absolute Gasteiger partial charge is 0.306 e. The van der Waals surface area contributed by atoms with E-state index in [2.05, 4.69) is 22.6 Å². The van der Waals surface area contributed by atoms with Crippen LogP contribution in [0.3, 0.4) is 0 Å². The van der Waals surface area contributed by atoms with Gasteiger partial charge >= 0.3 is 5.97 Å². The van der Waals surface area contributed by atoms with Gasteiger partial charge in [0, 0.05) is 15.5 Å². The van der Waals surface area contributed by atoms with Crippen LogP contribution in [0.25, 0.3) is 0 Å². The SMILES string of the molecule is COC(=O)CC(C)(CN)c1ccc(I)cc1. The fourth-order valence-electron chi connectivity index (χ4n) is 1.54. The van der Waals surface area contributed by atoms with Crippen LogP contribution < -0.4 is 5.73 Å². The van der Waals surface area contributed by atoms with E-state index in [1.165, 1.54) is 10.7 Å². The summed E-state index contributed by atoms with van der Waals surface area (Å²) >= 11 is 2.25. The Hall–Kier alpha value is -0.620. The highest BCUT2D eigenvalue weighted by atomic mass is 127. The summed E-state index contributed by atoms with van der Waals surface area (Å²) in [5.41, 5.74) is 6.49. The minimum atomic E-state index is -0.350. The van der Waals surface area contributed by atoms with Gasteiger partial charge in [0.25, 0.3) is 0 Å². The molecule has 4 heteroatoms. The van der Waals surface area contributed by atoms with Crippen LogP contribution in [-0.4, -0.2) is 19.6 Å². The molecule has 1 rings (SSSR count). The largest absolute Gasteiger partial charge is 0.469 e. The Morgan fingerprint density at radius 3 is 2.44 bits per heavy atom. The van der Waals surface area contributed by atoms with Crippen molar-refractivity contribution < 1.29 is 9.53 Å². The highest BCUT2D eigenvalue weighted by Crippen LogP contribution is 2.27. The standard InChI is InChI=1S/C12H16INO2/c1-12(8-14,7-11(15)16-2)9-3-5-10(13)6-4-9/h3-6H,7-8,14H2,1-2H3. The maximum absolute atomic E-state index is 11.3. The highest BCUT2D eigenvalue weighted by Gasteiger charge is 2.28. The lowest BCUT2D eigenvalue weighted by molar-refractivity contribution is -0.141. The van der Waals surface area contributed by atoms with Crippen molar-refractivity contribution in [3.8, 4) is 0 Å². The first-order valence-electron chi connectivity index (χ1n) is 5.05. The Labute approximate surface area is 109 Å². The predicted molar refractivity (Wildman–Crippen MR) is 72.2 cm³/mol. The zero-order valence-corrected chi connectivity index (χ0v) is 11.7. The van der Waals surface area contributed by atoms with Gasteiger partial charge in [-0.3, -0.25) is 4.79 Å². The number of hydrogen-bond donors (Lipinski definition) is 1. The van der Waals surface area contributed by atoms with Gasteiger partial charge < -0.3 is 10.5 Å². The summed E-state index contributed by atoms with van der Waals surface area (Å²) in [5, 5.41) is 0. The molecule has 0 spiro atoms. The molecule has 0 saturated carbocycles. The van der Waals surface area contributed by atoms with E-state index < -0.39 is 0 Å². The van der Waals surface area contributed by atoms with Crippen molar-refractivity contribution in [1.82, 2.24) is 0 Å². The average molecular weight is 333 g/mol. The predicted octanol–water partition coefficient (Wildman–Crippen LogP) is 2.07. The number of methoxy groups -OCH3 is 1. The molecular formula is C12H16INO2. The molecule has 0 aromatic heterocycles. The van der Waals surface area contributed by atoms with Crippen LogP contribution in [0.4, 0.5) is 0 Å². The van der Waals surface area contributed by atoms with Crippen LogP contribution in [0.1, 0.15) is 18.9 Å². The van der Waals surface area contributed by atoms with E-state index in [0.29, 0.717) is 13.0 Å². The first-order chi connectivity index (χ1) is 7.51. The number of carbonyl (C=O) groups excluding carboxylic acids is 1. The van der Waals surface area contributed by atoms with Crippen molar-refractivity contribution in [2.75, 3.05) is 13.7 Å². The monoisotopic (exact) mass is 333 g/mol. The second-order valence-electron chi connectivity index (χ2n) is 4.02. The van der Waals surface area contributed by atoms with Gasteiger partial charge in [0.15, 0.2) is 0 Å². The fraction of sp³-hybridized carbons (Fsp3) is 0.417. The summed E-state index contributed by atoms with van der Waals surface area (Å²) in [7, 11) is 1.40. The number of ether oxygens (including phenoxy) is 1. The third kappa shape index (κ3) is 3.18. The third-order valence-corrected chi connectivity index (χ3v) is 3.47. The Balaban J connectivity index is 2.95. The summed E-state index contributed by atoms with van der Waals surface area (Å²) in [5.74, 6) is -0.230. The fourth-order valence-corrected chi connectivity index (χ4v) is 1.89. The molecule has 0 amide bonds. The molecule has 16 heavy (non-hydrogen) atoms. The van der Waals surface area contributed by atoms with Gasteiger partial charge in [0.1, 0.15) is 0 Å². The van der Waals surface area contributed by atoms with Gasteiger partial charge in [-0.15, -0.1) is 0 Å². The molecule has 1 aromatic rings. The van der Waals surface area contributed by atoms with Crippen LogP contribution in [0.2, 0.25) is 0 Å². The van der Waals surface area contributed by atoms with Crippen LogP contribution in [-0.2, 0) is 14.9 Å². The number of nitrogens with two attached hydrogens (primary N) is 1. The lowest BCUT2D eigenvalue weighted by Gasteiger charge is -2.27. The number of halogens is 1. The van der Waals surface area contributed by atoms with Gasteiger partial charge in [0.05, 0.1) is 13.5 Å². The van der Waals surface area contributed by atoms with Crippen LogP contribution in [0.5, 0.6) is 0 Å². The van der Waals surface area contributed by atoms with E-state index >= 15 is 0 Å². The summed E-state index contributed by atoms with van der Waals surface area (Å²) < 4.78 is 5.86. The molecule has 0 fully saturated rings. The first-order valence-corrected chi connectivity index (χ1v) is 6.12. The lowest BCUT2D eigenvalue weighted by Crippen LogP contribution is -2.34. The molecule has 1 unspecified atom stereocenters. The molecule has 2 N–H and O–H groups in total. The number of carbonyl (C=O) groups is 1. The quantitative estimate of drug-likeness (QED) is 0.678. The summed E-state index contributed by atoms with van der Waals surface area (Å²) in [6.07, 6.45) is 0.306. The van der Waals surface area contributed by atoms with Gasteiger partial charge in [-0.2, -0.15) is 0 Å². The van der Waals surface area contributed by atoms with Crippen LogP contribution in [0.15, 0.2) is 24.3 Å². The molecule has 0 aliphatic heterocycles. The maximum atomic E-state index is 11.3. The number of benzene rings is 1. The summed E-state index contributed by atoms with van der Waals surface area (Å²) in [4.78, 5) is 11.3. The third-order valence-electron chi connectivity index (χ3n) is 2.75. The van der Waals surface area contributed by atoms with E-state index in [0.717, 1.165) is 5.56 Å². The zero-order chi connectivity index (χ0) is 12.2. The molecule has 0 heterocycles. The molecule has 0 aliphatic rings. The number of hydrogen-bond acceptors (Lipinski definition) is 3. The normalized spacial score (nSPS) is 14.2. The van der Waals surface area contributed by atoms with Crippen molar-refractivity contribution in [2.45, 2.75) is 18.8 Å². The number of esters is 1. The Bertz CT molecular complexity index is 364. The molecule has 0 saturated heterocycles. The van der Waals surface area contributed by atoms with Crippen LogP contribution in [0, 0.1) is 3.57 Å². The molecule has 88 valence electrons. The average Bonchev–Trinajstić information content (AvgIpc) is 2.29. The highest BCUT2D eigenvalue weighted by molar-refractivity contribution is 14.1. The molecule has 0 bridgehead atoms. The van der Waals surface area contributed by atoms with Crippen molar-refractivity contribution in [2.24, 2.45) is 5.73 Å². The molecule has 0 aliphatic carbocycles. The molecule has 1 aromatic carbocycles. The van der Waals surface area contributed by atoms with E-state index in [4.69, 9.17) is 10.5 Å².